The van der Waals surface area contributed by atoms with Gasteiger partial charge in [0.25, 0.3) is 5.91 Å². The van der Waals surface area contributed by atoms with Crippen LogP contribution in [0.3, 0.4) is 0 Å². The van der Waals surface area contributed by atoms with Crippen molar-refractivity contribution in [3.05, 3.63) is 40.0 Å². The van der Waals surface area contributed by atoms with E-state index in [1.165, 1.54) is 4.90 Å². The predicted molar refractivity (Wildman–Crippen MR) is 72.1 cm³/mol. The molecule has 2 aromatic heterocycles. The van der Waals surface area contributed by atoms with Crippen LogP contribution in [0, 0.1) is 3.57 Å². The van der Waals surface area contributed by atoms with Gasteiger partial charge in [-0.3, -0.25) is 9.78 Å². The molecule has 0 aliphatic heterocycles. The molecule has 0 aliphatic carbocycles. The van der Waals surface area contributed by atoms with E-state index in [2.05, 4.69) is 32.7 Å². The highest BCUT2D eigenvalue weighted by Gasteiger charge is 2.10. The molecule has 0 atom stereocenters. The molecule has 0 radical (unpaired) electrons. The standard InChI is InChI=1S/C11H11IN4O/c1-15(2)11(17)10-5-9(3-4-13-10)16-7-8(12)6-14-16/h3-7H,1-2H3. The van der Waals surface area contributed by atoms with E-state index in [1.807, 2.05) is 12.3 Å². The first kappa shape index (κ1) is 12.0. The van der Waals surface area contributed by atoms with Gasteiger partial charge < -0.3 is 4.90 Å². The Morgan fingerprint density at radius 2 is 2.24 bits per heavy atom. The number of hydrogen-bond acceptors (Lipinski definition) is 3. The Balaban J connectivity index is 2.38. The van der Waals surface area contributed by atoms with Gasteiger partial charge in [-0.2, -0.15) is 5.10 Å². The third-order valence-electron chi connectivity index (χ3n) is 2.18. The summed E-state index contributed by atoms with van der Waals surface area (Å²) in [5.74, 6) is -0.117. The van der Waals surface area contributed by atoms with Crippen molar-refractivity contribution < 1.29 is 4.79 Å². The van der Waals surface area contributed by atoms with Gasteiger partial charge in [0.05, 0.1) is 15.5 Å². The van der Waals surface area contributed by atoms with Crippen LogP contribution >= 0.6 is 22.6 Å². The molecule has 0 N–H and O–H groups in total. The summed E-state index contributed by atoms with van der Waals surface area (Å²) in [6.45, 7) is 0. The number of pyridine rings is 1. The molecule has 2 rings (SSSR count). The zero-order valence-electron chi connectivity index (χ0n) is 9.46. The Labute approximate surface area is 113 Å². The zero-order chi connectivity index (χ0) is 12.4. The number of amides is 1. The van der Waals surface area contributed by atoms with Gasteiger partial charge in [0, 0.05) is 26.5 Å². The Kier molecular flexibility index (Phi) is 3.41. The fourth-order valence-electron chi connectivity index (χ4n) is 1.35. The molecule has 0 aliphatic rings. The first-order valence-corrected chi connectivity index (χ1v) is 6.04. The van der Waals surface area contributed by atoms with E-state index in [1.54, 1.807) is 37.2 Å². The second kappa shape index (κ2) is 4.82. The van der Waals surface area contributed by atoms with Crippen LogP contribution in [0.15, 0.2) is 30.7 Å². The molecule has 0 unspecified atom stereocenters. The van der Waals surface area contributed by atoms with Gasteiger partial charge in [-0.05, 0) is 34.7 Å². The molecule has 1 amide bonds. The SMILES string of the molecule is CN(C)C(=O)c1cc(-n2cc(I)cn2)ccn1. The summed E-state index contributed by atoms with van der Waals surface area (Å²) >= 11 is 2.19. The lowest BCUT2D eigenvalue weighted by atomic mass is 10.3. The lowest BCUT2D eigenvalue weighted by Gasteiger charge is -2.10. The van der Waals surface area contributed by atoms with Crippen LogP contribution in [-0.4, -0.2) is 39.7 Å². The molecule has 2 heterocycles. The minimum Gasteiger partial charge on any atom is -0.343 e. The van der Waals surface area contributed by atoms with Gasteiger partial charge in [0.1, 0.15) is 5.69 Å². The first-order chi connectivity index (χ1) is 8.08. The summed E-state index contributed by atoms with van der Waals surface area (Å²) in [5.41, 5.74) is 1.24. The van der Waals surface area contributed by atoms with Crippen molar-refractivity contribution in [2.45, 2.75) is 0 Å². The number of hydrogen-bond donors (Lipinski definition) is 0. The smallest absolute Gasteiger partial charge is 0.272 e. The number of carbonyl (C=O) groups is 1. The molecule has 17 heavy (non-hydrogen) atoms. The van der Waals surface area contributed by atoms with Crippen LogP contribution < -0.4 is 0 Å². The highest BCUT2D eigenvalue weighted by atomic mass is 127. The van der Waals surface area contributed by atoms with Gasteiger partial charge in [0.2, 0.25) is 0 Å². The Morgan fingerprint density at radius 1 is 1.47 bits per heavy atom. The molecule has 0 bridgehead atoms. The summed E-state index contributed by atoms with van der Waals surface area (Å²) in [7, 11) is 3.40. The summed E-state index contributed by atoms with van der Waals surface area (Å²) in [6, 6.07) is 3.54. The second-order valence-corrected chi connectivity index (χ2v) is 4.95. The molecule has 0 saturated heterocycles. The van der Waals surface area contributed by atoms with E-state index in [9.17, 15) is 4.79 Å². The summed E-state index contributed by atoms with van der Waals surface area (Å²) < 4.78 is 2.76. The van der Waals surface area contributed by atoms with E-state index in [-0.39, 0.29) is 5.91 Å². The van der Waals surface area contributed by atoms with Crippen LogP contribution in [-0.2, 0) is 0 Å². The molecule has 88 valence electrons. The fraction of sp³-hybridized carbons (Fsp3) is 0.182. The van der Waals surface area contributed by atoms with E-state index in [4.69, 9.17) is 0 Å². The molecule has 5 nitrogen and oxygen atoms in total. The number of nitrogens with zero attached hydrogens (tertiary/aromatic N) is 4. The largest absolute Gasteiger partial charge is 0.343 e. The molecule has 0 fully saturated rings. The highest BCUT2D eigenvalue weighted by Crippen LogP contribution is 2.11. The third-order valence-corrected chi connectivity index (χ3v) is 2.74. The van der Waals surface area contributed by atoms with Crippen molar-refractivity contribution in [3.8, 4) is 5.69 Å². The topological polar surface area (TPSA) is 51.0 Å². The van der Waals surface area contributed by atoms with Crippen molar-refractivity contribution in [1.82, 2.24) is 19.7 Å². The van der Waals surface area contributed by atoms with Crippen molar-refractivity contribution >= 4 is 28.5 Å². The van der Waals surface area contributed by atoms with Crippen molar-refractivity contribution in [2.24, 2.45) is 0 Å². The fourth-order valence-corrected chi connectivity index (χ4v) is 1.74. The van der Waals surface area contributed by atoms with Crippen molar-refractivity contribution in [1.29, 1.82) is 0 Å². The number of aromatic nitrogens is 3. The van der Waals surface area contributed by atoms with E-state index >= 15 is 0 Å². The summed E-state index contributed by atoms with van der Waals surface area (Å²) in [4.78, 5) is 17.3. The van der Waals surface area contributed by atoms with E-state index in [0.29, 0.717) is 5.69 Å². The maximum atomic E-state index is 11.8. The monoisotopic (exact) mass is 342 g/mol. The van der Waals surface area contributed by atoms with Gasteiger partial charge >= 0.3 is 0 Å². The third kappa shape index (κ3) is 2.63. The average molecular weight is 342 g/mol. The Hall–Kier alpha value is -1.44. The normalized spacial score (nSPS) is 10.3. The minimum atomic E-state index is -0.117. The molecular formula is C11H11IN4O. The Bertz CT molecular complexity index is 550. The maximum absolute atomic E-state index is 11.8. The molecule has 0 saturated carbocycles. The first-order valence-electron chi connectivity index (χ1n) is 4.96. The molecule has 0 aromatic carbocycles. The minimum absolute atomic E-state index is 0.117. The average Bonchev–Trinajstić information content (AvgIpc) is 2.75. The lowest BCUT2D eigenvalue weighted by molar-refractivity contribution is 0.0822. The van der Waals surface area contributed by atoms with Gasteiger partial charge in [-0.25, -0.2) is 4.68 Å². The summed E-state index contributed by atoms with van der Waals surface area (Å²) in [5, 5.41) is 4.19. The van der Waals surface area contributed by atoms with Crippen LogP contribution in [0.4, 0.5) is 0 Å². The molecule has 0 spiro atoms. The van der Waals surface area contributed by atoms with Crippen molar-refractivity contribution in [3.63, 3.8) is 0 Å². The quantitative estimate of drug-likeness (QED) is 0.779. The number of carbonyl (C=O) groups excluding carboxylic acids is 1. The van der Waals surface area contributed by atoms with Crippen molar-refractivity contribution in [2.75, 3.05) is 14.1 Å². The number of rotatable bonds is 2. The van der Waals surface area contributed by atoms with E-state index < -0.39 is 0 Å². The second-order valence-electron chi connectivity index (χ2n) is 3.70. The van der Waals surface area contributed by atoms with Crippen LogP contribution in [0.2, 0.25) is 0 Å². The molecule has 2 aromatic rings. The maximum Gasteiger partial charge on any atom is 0.272 e. The van der Waals surface area contributed by atoms with Gasteiger partial charge in [0.15, 0.2) is 0 Å². The number of halogens is 1. The predicted octanol–water partition coefficient (Wildman–Crippen LogP) is 1.57. The van der Waals surface area contributed by atoms with Gasteiger partial charge in [-0.1, -0.05) is 0 Å². The zero-order valence-corrected chi connectivity index (χ0v) is 11.6. The Morgan fingerprint density at radius 3 is 2.82 bits per heavy atom. The van der Waals surface area contributed by atoms with Crippen LogP contribution in [0.1, 0.15) is 10.5 Å². The highest BCUT2D eigenvalue weighted by molar-refractivity contribution is 14.1. The van der Waals surface area contributed by atoms with Crippen LogP contribution in [0.5, 0.6) is 0 Å². The molecule has 6 heteroatoms. The van der Waals surface area contributed by atoms with E-state index in [0.717, 1.165) is 9.26 Å². The molecular weight excluding hydrogens is 331 g/mol. The lowest BCUT2D eigenvalue weighted by Crippen LogP contribution is -2.22. The van der Waals surface area contributed by atoms with Crippen LogP contribution in [0.25, 0.3) is 5.69 Å². The van der Waals surface area contributed by atoms with Gasteiger partial charge in [-0.15, -0.1) is 0 Å². The summed E-state index contributed by atoms with van der Waals surface area (Å²) in [6.07, 6.45) is 5.26.